The van der Waals surface area contributed by atoms with Gasteiger partial charge in [0, 0.05) is 29.6 Å². The first-order valence-electron chi connectivity index (χ1n) is 9.88. The van der Waals surface area contributed by atoms with Gasteiger partial charge >= 0.3 is 0 Å². The summed E-state index contributed by atoms with van der Waals surface area (Å²) >= 11 is 1.34. The van der Waals surface area contributed by atoms with Crippen molar-refractivity contribution in [2.45, 2.75) is 31.1 Å². The lowest BCUT2D eigenvalue weighted by Gasteiger charge is -2.26. The molecule has 1 aliphatic heterocycles. The SMILES string of the molecule is Cc1ccc(S(=O)(=O)N2CCCCC2)cc1C(=O)Nc1nc(-c2ccccc2)cs1. The van der Waals surface area contributed by atoms with E-state index < -0.39 is 10.0 Å². The number of carbonyl (C=O) groups excluding carboxylic acids is 1. The smallest absolute Gasteiger partial charge is 0.257 e. The number of nitrogens with one attached hydrogen (secondary N) is 1. The van der Waals surface area contributed by atoms with E-state index in [4.69, 9.17) is 0 Å². The fourth-order valence-corrected chi connectivity index (χ4v) is 5.76. The number of piperidine rings is 1. The Morgan fingerprint density at radius 3 is 2.53 bits per heavy atom. The number of carbonyl (C=O) groups is 1. The van der Waals surface area contributed by atoms with Crippen LogP contribution in [0.15, 0.2) is 58.8 Å². The topological polar surface area (TPSA) is 79.4 Å². The number of sulfonamides is 1. The number of aromatic nitrogens is 1. The molecule has 8 heteroatoms. The number of hydrogen-bond acceptors (Lipinski definition) is 5. The minimum atomic E-state index is -3.60. The van der Waals surface area contributed by atoms with Gasteiger partial charge < -0.3 is 0 Å². The van der Waals surface area contributed by atoms with Gasteiger partial charge in [-0.05, 0) is 37.5 Å². The van der Waals surface area contributed by atoms with Crippen LogP contribution in [0.4, 0.5) is 5.13 Å². The second-order valence-electron chi connectivity index (χ2n) is 7.30. The number of anilines is 1. The maximum absolute atomic E-state index is 13.0. The summed E-state index contributed by atoms with van der Waals surface area (Å²) in [6.07, 6.45) is 2.78. The van der Waals surface area contributed by atoms with Crippen molar-refractivity contribution in [3.05, 3.63) is 65.0 Å². The van der Waals surface area contributed by atoms with E-state index in [0.717, 1.165) is 30.5 Å². The first-order chi connectivity index (χ1) is 14.4. The molecule has 0 atom stereocenters. The highest BCUT2D eigenvalue weighted by molar-refractivity contribution is 7.89. The maximum atomic E-state index is 13.0. The van der Waals surface area contributed by atoms with Crippen molar-refractivity contribution in [2.24, 2.45) is 0 Å². The second kappa shape index (κ2) is 8.67. The van der Waals surface area contributed by atoms with Gasteiger partial charge in [-0.1, -0.05) is 42.8 Å². The molecule has 2 aromatic carbocycles. The third-order valence-electron chi connectivity index (χ3n) is 5.20. The fraction of sp³-hybridized carbons (Fsp3) is 0.273. The summed E-state index contributed by atoms with van der Waals surface area (Å²) < 4.78 is 27.5. The molecule has 1 saturated heterocycles. The Hall–Kier alpha value is -2.55. The first kappa shape index (κ1) is 20.7. The average Bonchev–Trinajstić information content (AvgIpc) is 3.23. The van der Waals surface area contributed by atoms with Gasteiger partial charge in [-0.25, -0.2) is 13.4 Å². The second-order valence-corrected chi connectivity index (χ2v) is 10.1. The predicted octanol–water partition coefficient (Wildman–Crippen LogP) is 4.55. The molecule has 0 bridgehead atoms. The molecule has 156 valence electrons. The van der Waals surface area contributed by atoms with E-state index in [9.17, 15) is 13.2 Å². The van der Waals surface area contributed by atoms with Gasteiger partial charge in [-0.15, -0.1) is 11.3 Å². The number of thiazole rings is 1. The van der Waals surface area contributed by atoms with Crippen LogP contribution in [-0.2, 0) is 10.0 Å². The highest BCUT2D eigenvalue weighted by atomic mass is 32.2. The summed E-state index contributed by atoms with van der Waals surface area (Å²) in [6.45, 7) is 2.85. The Labute approximate surface area is 180 Å². The van der Waals surface area contributed by atoms with Crippen molar-refractivity contribution in [3.63, 3.8) is 0 Å². The molecule has 4 rings (SSSR count). The highest BCUT2D eigenvalue weighted by Gasteiger charge is 2.27. The van der Waals surface area contributed by atoms with Gasteiger partial charge in [0.15, 0.2) is 5.13 Å². The third-order valence-corrected chi connectivity index (χ3v) is 7.85. The molecule has 0 aliphatic carbocycles. The van der Waals surface area contributed by atoms with Crippen LogP contribution in [0, 0.1) is 6.92 Å². The number of rotatable bonds is 5. The molecule has 6 nitrogen and oxygen atoms in total. The van der Waals surface area contributed by atoms with Crippen molar-refractivity contribution >= 4 is 32.4 Å². The third kappa shape index (κ3) is 4.30. The summed E-state index contributed by atoms with van der Waals surface area (Å²) in [5.41, 5.74) is 2.81. The lowest BCUT2D eigenvalue weighted by atomic mass is 10.1. The van der Waals surface area contributed by atoms with Crippen LogP contribution >= 0.6 is 11.3 Å². The zero-order chi connectivity index (χ0) is 21.1. The Bertz CT molecular complexity index is 1150. The van der Waals surface area contributed by atoms with E-state index in [0.29, 0.717) is 29.3 Å². The fourth-order valence-electron chi connectivity index (χ4n) is 3.50. The number of aryl methyl sites for hydroxylation is 1. The van der Waals surface area contributed by atoms with Gasteiger partial charge in [-0.2, -0.15) is 4.31 Å². The Morgan fingerprint density at radius 1 is 1.07 bits per heavy atom. The molecule has 0 radical (unpaired) electrons. The summed E-state index contributed by atoms with van der Waals surface area (Å²) in [6, 6.07) is 14.5. The molecule has 1 fully saturated rings. The summed E-state index contributed by atoms with van der Waals surface area (Å²) in [5.74, 6) is -0.364. The van der Waals surface area contributed by atoms with Gasteiger partial charge in [-0.3, -0.25) is 10.1 Å². The lowest BCUT2D eigenvalue weighted by molar-refractivity contribution is 0.102. The quantitative estimate of drug-likeness (QED) is 0.630. The zero-order valence-electron chi connectivity index (χ0n) is 16.7. The molecule has 1 aromatic heterocycles. The van der Waals surface area contributed by atoms with Gasteiger partial charge in [0.2, 0.25) is 10.0 Å². The van der Waals surface area contributed by atoms with Crippen LogP contribution < -0.4 is 5.32 Å². The molecule has 3 aromatic rings. The van der Waals surface area contributed by atoms with Crippen LogP contribution in [0.5, 0.6) is 0 Å². The van der Waals surface area contributed by atoms with Crippen molar-refractivity contribution in [1.82, 2.24) is 9.29 Å². The monoisotopic (exact) mass is 441 g/mol. The van der Waals surface area contributed by atoms with Crippen LogP contribution in [0.3, 0.4) is 0 Å². The normalized spacial score (nSPS) is 15.1. The van der Waals surface area contributed by atoms with Crippen LogP contribution in [-0.4, -0.2) is 36.7 Å². The lowest BCUT2D eigenvalue weighted by Crippen LogP contribution is -2.35. The maximum Gasteiger partial charge on any atom is 0.257 e. The standard InChI is InChI=1S/C22H23N3O3S2/c1-16-10-11-18(30(27,28)25-12-6-3-7-13-25)14-19(16)21(26)24-22-23-20(15-29-22)17-8-4-2-5-9-17/h2,4-5,8-11,14-15H,3,6-7,12-13H2,1H3,(H,23,24,26). The van der Waals surface area contributed by atoms with E-state index in [1.807, 2.05) is 35.7 Å². The molecule has 30 heavy (non-hydrogen) atoms. The van der Waals surface area contributed by atoms with E-state index in [2.05, 4.69) is 10.3 Å². The van der Waals surface area contributed by atoms with Crippen LogP contribution in [0.1, 0.15) is 35.2 Å². The van der Waals surface area contributed by atoms with Crippen molar-refractivity contribution < 1.29 is 13.2 Å². The number of amides is 1. The van der Waals surface area contributed by atoms with Crippen molar-refractivity contribution in [3.8, 4) is 11.3 Å². The molecule has 0 saturated carbocycles. The molecular weight excluding hydrogens is 418 g/mol. The van der Waals surface area contributed by atoms with E-state index in [1.165, 1.54) is 21.7 Å². The Balaban J connectivity index is 1.56. The van der Waals surface area contributed by atoms with Gasteiger partial charge in [0.1, 0.15) is 0 Å². The summed E-state index contributed by atoms with van der Waals surface area (Å²) in [5, 5.41) is 5.17. The minimum Gasteiger partial charge on any atom is -0.298 e. The predicted molar refractivity (Wildman–Crippen MR) is 119 cm³/mol. The largest absolute Gasteiger partial charge is 0.298 e. The average molecular weight is 442 g/mol. The first-order valence-corrected chi connectivity index (χ1v) is 12.2. The van der Waals surface area contributed by atoms with E-state index >= 15 is 0 Å². The van der Waals surface area contributed by atoms with Crippen LogP contribution in [0.25, 0.3) is 11.3 Å². The highest BCUT2D eigenvalue weighted by Crippen LogP contribution is 2.26. The van der Waals surface area contributed by atoms with E-state index in [1.54, 1.807) is 19.1 Å². The molecule has 0 unspecified atom stereocenters. The number of hydrogen-bond donors (Lipinski definition) is 1. The van der Waals surface area contributed by atoms with Crippen molar-refractivity contribution in [2.75, 3.05) is 18.4 Å². The summed E-state index contributed by atoms with van der Waals surface area (Å²) in [7, 11) is -3.60. The minimum absolute atomic E-state index is 0.157. The molecule has 1 N–H and O–H groups in total. The van der Waals surface area contributed by atoms with Gasteiger partial charge in [0.25, 0.3) is 5.91 Å². The molecular formula is C22H23N3O3S2. The van der Waals surface area contributed by atoms with Crippen LogP contribution in [0.2, 0.25) is 0 Å². The Kier molecular flexibility index (Phi) is 5.99. The summed E-state index contributed by atoms with van der Waals surface area (Å²) in [4.78, 5) is 17.5. The molecule has 0 spiro atoms. The number of nitrogens with zero attached hydrogens (tertiary/aromatic N) is 2. The zero-order valence-corrected chi connectivity index (χ0v) is 18.3. The van der Waals surface area contributed by atoms with Gasteiger partial charge in [0.05, 0.1) is 10.6 Å². The molecule has 2 heterocycles. The van der Waals surface area contributed by atoms with E-state index in [-0.39, 0.29) is 10.8 Å². The number of benzene rings is 2. The van der Waals surface area contributed by atoms with Crippen molar-refractivity contribution in [1.29, 1.82) is 0 Å². The Morgan fingerprint density at radius 2 is 1.80 bits per heavy atom. The molecule has 1 amide bonds. The molecule has 1 aliphatic rings.